The van der Waals surface area contributed by atoms with E-state index in [1.54, 1.807) is 4.90 Å². The number of methoxy groups -OCH3 is 1. The molecule has 4 atom stereocenters. The highest BCUT2D eigenvalue weighted by Crippen LogP contribution is 2.52. The van der Waals surface area contributed by atoms with E-state index >= 15 is 0 Å². The molecule has 0 N–H and O–H groups in total. The molecule has 2 fully saturated rings. The van der Waals surface area contributed by atoms with Crippen molar-refractivity contribution >= 4 is 11.9 Å². The third-order valence-corrected chi connectivity index (χ3v) is 4.68. The molecule has 2 saturated heterocycles. The van der Waals surface area contributed by atoms with Gasteiger partial charge in [-0.25, -0.2) is 0 Å². The molecule has 22 heavy (non-hydrogen) atoms. The van der Waals surface area contributed by atoms with Gasteiger partial charge in [0.25, 0.3) is 0 Å². The molecule has 1 amide bonds. The van der Waals surface area contributed by atoms with E-state index in [-0.39, 0.29) is 24.1 Å². The molecule has 0 radical (unpaired) electrons. The summed E-state index contributed by atoms with van der Waals surface area (Å²) in [6.45, 7) is 5.74. The van der Waals surface area contributed by atoms with E-state index in [2.05, 4.69) is 0 Å². The molecule has 0 aromatic rings. The zero-order valence-corrected chi connectivity index (χ0v) is 13.3. The fraction of sp³-hybridized carbons (Fsp3) is 0.750. The quantitative estimate of drug-likeness (QED) is 0.412. The lowest BCUT2D eigenvalue weighted by Gasteiger charge is -2.22. The third kappa shape index (κ3) is 2.34. The molecule has 3 heterocycles. The van der Waals surface area contributed by atoms with Crippen LogP contribution in [-0.2, 0) is 23.8 Å². The Morgan fingerprint density at radius 3 is 3.00 bits per heavy atom. The SMILES string of the molecule is COC(=O)[C@@H]1[C@H]2C=C[C@@]3(CN(CCCOC(C)C)C(=O)[C@@H]13)O2. The van der Waals surface area contributed by atoms with Crippen molar-refractivity contribution in [3.8, 4) is 0 Å². The highest BCUT2D eigenvalue weighted by Gasteiger charge is 2.67. The normalized spacial score (nSPS) is 35.5. The van der Waals surface area contributed by atoms with E-state index in [1.165, 1.54) is 7.11 Å². The molecular formula is C16H23NO5. The van der Waals surface area contributed by atoms with E-state index in [4.69, 9.17) is 14.2 Å². The average Bonchev–Trinajstić information content (AvgIpc) is 3.11. The van der Waals surface area contributed by atoms with Gasteiger partial charge in [-0.15, -0.1) is 0 Å². The van der Waals surface area contributed by atoms with Gasteiger partial charge in [-0.1, -0.05) is 12.2 Å². The van der Waals surface area contributed by atoms with Crippen LogP contribution in [0.15, 0.2) is 12.2 Å². The molecule has 3 aliphatic rings. The molecule has 2 bridgehead atoms. The van der Waals surface area contributed by atoms with E-state index in [0.29, 0.717) is 19.7 Å². The Morgan fingerprint density at radius 1 is 1.55 bits per heavy atom. The van der Waals surface area contributed by atoms with Crippen molar-refractivity contribution in [1.82, 2.24) is 4.90 Å². The number of nitrogens with zero attached hydrogens (tertiary/aromatic N) is 1. The Kier molecular flexibility index (Phi) is 3.99. The fourth-order valence-corrected chi connectivity index (χ4v) is 3.75. The van der Waals surface area contributed by atoms with Gasteiger partial charge in [0.1, 0.15) is 11.5 Å². The molecule has 3 rings (SSSR count). The first-order valence-electron chi connectivity index (χ1n) is 7.84. The van der Waals surface area contributed by atoms with Gasteiger partial charge in [0.2, 0.25) is 5.91 Å². The maximum atomic E-state index is 12.7. The molecular weight excluding hydrogens is 286 g/mol. The van der Waals surface area contributed by atoms with Crippen LogP contribution < -0.4 is 0 Å². The number of hydrogen-bond donors (Lipinski definition) is 0. The van der Waals surface area contributed by atoms with Crippen molar-refractivity contribution in [1.29, 1.82) is 0 Å². The number of fused-ring (bicyclic) bond motifs is 1. The molecule has 6 nitrogen and oxygen atoms in total. The smallest absolute Gasteiger partial charge is 0.312 e. The first-order chi connectivity index (χ1) is 10.5. The van der Waals surface area contributed by atoms with Crippen molar-refractivity contribution in [2.24, 2.45) is 11.8 Å². The number of carbonyl (C=O) groups is 2. The molecule has 0 aromatic heterocycles. The minimum absolute atomic E-state index is 0.00760. The predicted molar refractivity (Wildman–Crippen MR) is 78.0 cm³/mol. The van der Waals surface area contributed by atoms with E-state index in [0.717, 1.165) is 6.42 Å². The number of hydrogen-bond acceptors (Lipinski definition) is 5. The summed E-state index contributed by atoms with van der Waals surface area (Å²) in [5.74, 6) is -1.33. The van der Waals surface area contributed by atoms with E-state index in [9.17, 15) is 9.59 Å². The minimum atomic E-state index is -0.639. The van der Waals surface area contributed by atoms with Crippen LogP contribution in [0.5, 0.6) is 0 Å². The second-order valence-corrected chi connectivity index (χ2v) is 6.46. The first-order valence-corrected chi connectivity index (χ1v) is 7.84. The van der Waals surface area contributed by atoms with Gasteiger partial charge in [0.05, 0.1) is 31.8 Å². The van der Waals surface area contributed by atoms with Crippen molar-refractivity contribution in [2.45, 2.75) is 38.1 Å². The zero-order chi connectivity index (χ0) is 15.9. The zero-order valence-electron chi connectivity index (χ0n) is 13.3. The monoisotopic (exact) mass is 309 g/mol. The Balaban J connectivity index is 1.66. The Bertz CT molecular complexity index is 503. The van der Waals surface area contributed by atoms with Crippen LogP contribution in [-0.4, -0.2) is 61.4 Å². The minimum Gasteiger partial charge on any atom is -0.469 e. The highest BCUT2D eigenvalue weighted by atomic mass is 16.5. The van der Waals surface area contributed by atoms with Crippen molar-refractivity contribution in [2.75, 3.05) is 26.8 Å². The summed E-state index contributed by atoms with van der Waals surface area (Å²) >= 11 is 0. The summed E-state index contributed by atoms with van der Waals surface area (Å²) in [6.07, 6.45) is 4.48. The van der Waals surface area contributed by atoms with E-state index < -0.39 is 17.4 Å². The summed E-state index contributed by atoms with van der Waals surface area (Å²) < 4.78 is 16.3. The van der Waals surface area contributed by atoms with Crippen LogP contribution in [0.3, 0.4) is 0 Å². The summed E-state index contributed by atoms with van der Waals surface area (Å²) in [6, 6.07) is 0. The third-order valence-electron chi connectivity index (χ3n) is 4.68. The largest absolute Gasteiger partial charge is 0.469 e. The van der Waals surface area contributed by atoms with Crippen LogP contribution in [0, 0.1) is 11.8 Å². The summed E-state index contributed by atoms with van der Waals surface area (Å²) in [7, 11) is 1.35. The molecule has 1 spiro atoms. The molecule has 0 aliphatic carbocycles. The molecule has 3 aliphatic heterocycles. The topological polar surface area (TPSA) is 65.1 Å². The first kappa shape index (κ1) is 15.5. The van der Waals surface area contributed by atoms with Gasteiger partial charge >= 0.3 is 5.97 Å². The van der Waals surface area contributed by atoms with Gasteiger partial charge in [0.15, 0.2) is 0 Å². The lowest BCUT2D eigenvalue weighted by molar-refractivity contribution is -0.151. The van der Waals surface area contributed by atoms with Crippen molar-refractivity contribution in [3.63, 3.8) is 0 Å². The molecule has 0 unspecified atom stereocenters. The lowest BCUT2D eigenvalue weighted by Crippen LogP contribution is -2.39. The van der Waals surface area contributed by atoms with Gasteiger partial charge in [0, 0.05) is 13.2 Å². The van der Waals surface area contributed by atoms with Crippen LogP contribution in [0.1, 0.15) is 20.3 Å². The van der Waals surface area contributed by atoms with Crippen LogP contribution in [0.2, 0.25) is 0 Å². The lowest BCUT2D eigenvalue weighted by atomic mass is 9.77. The molecule has 0 aromatic carbocycles. The highest BCUT2D eigenvalue weighted by molar-refractivity contribution is 5.91. The Morgan fingerprint density at radius 2 is 2.32 bits per heavy atom. The maximum Gasteiger partial charge on any atom is 0.312 e. The van der Waals surface area contributed by atoms with Crippen molar-refractivity contribution in [3.05, 3.63) is 12.2 Å². The number of carbonyl (C=O) groups excluding carboxylic acids is 2. The second kappa shape index (κ2) is 5.66. The van der Waals surface area contributed by atoms with Crippen molar-refractivity contribution < 1.29 is 23.8 Å². The fourth-order valence-electron chi connectivity index (χ4n) is 3.75. The predicted octanol–water partition coefficient (Wildman–Crippen LogP) is 0.756. The molecule has 122 valence electrons. The summed E-state index contributed by atoms with van der Waals surface area (Å²) in [4.78, 5) is 26.5. The maximum absolute atomic E-state index is 12.7. The number of amides is 1. The van der Waals surface area contributed by atoms with Gasteiger partial charge in [-0.3, -0.25) is 9.59 Å². The van der Waals surface area contributed by atoms with Crippen LogP contribution in [0.4, 0.5) is 0 Å². The average molecular weight is 309 g/mol. The Hall–Kier alpha value is -1.40. The molecule has 0 saturated carbocycles. The van der Waals surface area contributed by atoms with Gasteiger partial charge < -0.3 is 19.1 Å². The van der Waals surface area contributed by atoms with E-state index in [1.807, 2.05) is 26.0 Å². The van der Waals surface area contributed by atoms with Crippen LogP contribution >= 0.6 is 0 Å². The van der Waals surface area contributed by atoms with Gasteiger partial charge in [-0.05, 0) is 20.3 Å². The number of rotatable bonds is 6. The van der Waals surface area contributed by atoms with Crippen LogP contribution in [0.25, 0.3) is 0 Å². The number of esters is 1. The Labute approximate surface area is 130 Å². The summed E-state index contributed by atoms with van der Waals surface area (Å²) in [5, 5.41) is 0. The van der Waals surface area contributed by atoms with Gasteiger partial charge in [-0.2, -0.15) is 0 Å². The second-order valence-electron chi connectivity index (χ2n) is 6.46. The standard InChI is InChI=1S/C16H23NO5/c1-10(2)21-8-4-7-17-9-16-6-5-11(22-16)12(15(19)20-3)13(16)14(17)18/h5-6,10-13H,4,7-9H2,1-3H3/t11-,12-,13-,16+/m1/s1. The molecule has 6 heteroatoms. The number of likely N-dealkylation sites (tertiary alicyclic amines) is 1. The summed E-state index contributed by atoms with van der Waals surface area (Å²) in [5.41, 5.74) is -0.639. The number of ether oxygens (including phenoxy) is 3.